The van der Waals surface area contributed by atoms with Crippen molar-refractivity contribution >= 4 is 22.8 Å². The van der Waals surface area contributed by atoms with Crippen molar-refractivity contribution in [2.45, 2.75) is 19.5 Å². The van der Waals surface area contributed by atoms with Gasteiger partial charge in [-0.1, -0.05) is 30.3 Å². The fraction of sp³-hybridized carbons (Fsp3) is 0.375. The molecule has 1 aromatic heterocycles. The number of rotatable bonds is 5. The SMILES string of the molecule is C[C@@H](NC(=O)Cn1c(=O)c(N2CCOCC2)nc2cc3c(cc21)OCCO3)c1ccccc1. The first-order valence-electron chi connectivity index (χ1n) is 11.1. The number of hydrogen-bond donors (Lipinski definition) is 1. The molecule has 1 atom stereocenters. The summed E-state index contributed by atoms with van der Waals surface area (Å²) in [6, 6.07) is 13.0. The predicted molar refractivity (Wildman–Crippen MR) is 123 cm³/mol. The van der Waals surface area contributed by atoms with Crippen LogP contribution in [0.5, 0.6) is 11.5 Å². The summed E-state index contributed by atoms with van der Waals surface area (Å²) < 4.78 is 18.3. The molecule has 1 saturated heterocycles. The Hall–Kier alpha value is -3.59. The van der Waals surface area contributed by atoms with Gasteiger partial charge in [-0.15, -0.1) is 0 Å². The molecule has 9 heteroatoms. The molecule has 2 aromatic carbocycles. The number of fused-ring (bicyclic) bond motifs is 2. The molecule has 0 bridgehead atoms. The zero-order chi connectivity index (χ0) is 22.8. The van der Waals surface area contributed by atoms with Gasteiger partial charge in [-0.3, -0.25) is 14.2 Å². The Bertz CT molecular complexity index is 1220. The quantitative estimate of drug-likeness (QED) is 0.634. The molecule has 0 spiro atoms. The van der Waals surface area contributed by atoms with E-state index in [2.05, 4.69) is 10.3 Å². The van der Waals surface area contributed by atoms with Crippen molar-refractivity contribution in [3.8, 4) is 11.5 Å². The van der Waals surface area contributed by atoms with Crippen LogP contribution in [0.2, 0.25) is 0 Å². The monoisotopic (exact) mass is 450 g/mol. The number of anilines is 1. The highest BCUT2D eigenvalue weighted by molar-refractivity contribution is 5.84. The van der Waals surface area contributed by atoms with Crippen molar-refractivity contribution in [1.29, 1.82) is 0 Å². The smallest absolute Gasteiger partial charge is 0.294 e. The number of morpholine rings is 1. The zero-order valence-corrected chi connectivity index (χ0v) is 18.5. The average Bonchev–Trinajstić information content (AvgIpc) is 2.85. The molecule has 9 nitrogen and oxygen atoms in total. The summed E-state index contributed by atoms with van der Waals surface area (Å²) in [5, 5.41) is 2.99. The predicted octanol–water partition coefficient (Wildman–Crippen LogP) is 1.88. The van der Waals surface area contributed by atoms with Crippen LogP contribution in [0.1, 0.15) is 18.5 Å². The molecule has 3 heterocycles. The summed E-state index contributed by atoms with van der Waals surface area (Å²) in [5.41, 5.74) is 1.78. The maximum atomic E-state index is 13.5. The summed E-state index contributed by atoms with van der Waals surface area (Å²) >= 11 is 0. The second-order valence-corrected chi connectivity index (χ2v) is 8.11. The molecule has 1 N–H and O–H groups in total. The van der Waals surface area contributed by atoms with E-state index in [1.807, 2.05) is 42.2 Å². The minimum absolute atomic E-state index is 0.133. The Morgan fingerprint density at radius 2 is 1.76 bits per heavy atom. The maximum Gasteiger partial charge on any atom is 0.294 e. The van der Waals surface area contributed by atoms with Gasteiger partial charge in [-0.2, -0.15) is 0 Å². The number of ether oxygens (including phenoxy) is 3. The van der Waals surface area contributed by atoms with Gasteiger partial charge in [0.25, 0.3) is 5.56 Å². The van der Waals surface area contributed by atoms with Gasteiger partial charge >= 0.3 is 0 Å². The second-order valence-electron chi connectivity index (χ2n) is 8.11. The Balaban J connectivity index is 1.52. The molecule has 0 aliphatic carbocycles. The highest BCUT2D eigenvalue weighted by Gasteiger charge is 2.23. The van der Waals surface area contributed by atoms with Crippen molar-refractivity contribution in [3.63, 3.8) is 0 Å². The van der Waals surface area contributed by atoms with Crippen molar-refractivity contribution in [2.24, 2.45) is 0 Å². The van der Waals surface area contributed by atoms with E-state index in [1.54, 1.807) is 12.1 Å². The van der Waals surface area contributed by atoms with Crippen molar-refractivity contribution in [1.82, 2.24) is 14.9 Å². The third-order valence-electron chi connectivity index (χ3n) is 5.88. The number of carbonyl (C=O) groups excluding carboxylic acids is 1. The first-order chi connectivity index (χ1) is 16.1. The standard InChI is InChI=1S/C24H26N4O5/c1-16(17-5-3-2-4-6-17)25-22(29)15-28-19-14-21-20(32-11-12-33-21)13-18(19)26-23(24(28)30)27-7-9-31-10-8-27/h2-6,13-14,16H,7-12,15H2,1H3,(H,25,29)/t16-/m1/s1. The molecule has 0 saturated carbocycles. The lowest BCUT2D eigenvalue weighted by Crippen LogP contribution is -2.42. The largest absolute Gasteiger partial charge is 0.486 e. The number of benzene rings is 2. The molecule has 2 aliphatic rings. The maximum absolute atomic E-state index is 13.5. The van der Waals surface area contributed by atoms with Gasteiger partial charge in [0.1, 0.15) is 19.8 Å². The van der Waals surface area contributed by atoms with Gasteiger partial charge in [0.2, 0.25) is 5.91 Å². The van der Waals surface area contributed by atoms with E-state index in [-0.39, 0.29) is 24.1 Å². The number of carbonyl (C=O) groups is 1. The van der Waals surface area contributed by atoms with Crippen molar-refractivity contribution in [2.75, 3.05) is 44.4 Å². The van der Waals surface area contributed by atoms with Crippen molar-refractivity contribution in [3.05, 3.63) is 58.4 Å². The summed E-state index contributed by atoms with van der Waals surface area (Å²) in [5.74, 6) is 1.18. The van der Waals surface area contributed by atoms with Crippen LogP contribution in [-0.2, 0) is 16.1 Å². The van der Waals surface area contributed by atoms with Gasteiger partial charge in [0, 0.05) is 25.2 Å². The van der Waals surface area contributed by atoms with E-state index in [0.29, 0.717) is 67.9 Å². The van der Waals surface area contributed by atoms with E-state index in [9.17, 15) is 9.59 Å². The van der Waals surface area contributed by atoms with Gasteiger partial charge in [0.05, 0.1) is 30.3 Å². The Kier molecular flexibility index (Phi) is 5.87. The number of nitrogens with zero attached hydrogens (tertiary/aromatic N) is 3. The van der Waals surface area contributed by atoms with Crippen LogP contribution >= 0.6 is 0 Å². The van der Waals surface area contributed by atoms with Gasteiger partial charge in [0.15, 0.2) is 17.3 Å². The zero-order valence-electron chi connectivity index (χ0n) is 18.5. The topological polar surface area (TPSA) is 94.9 Å². The minimum Gasteiger partial charge on any atom is -0.486 e. The number of aromatic nitrogens is 2. The Morgan fingerprint density at radius 1 is 1.06 bits per heavy atom. The number of amides is 1. The van der Waals surface area contributed by atoms with Crippen LogP contribution < -0.4 is 25.2 Å². The normalized spacial score (nSPS) is 16.5. The first-order valence-corrected chi connectivity index (χ1v) is 11.1. The fourth-order valence-electron chi connectivity index (χ4n) is 4.16. The molecular formula is C24H26N4O5. The van der Waals surface area contributed by atoms with E-state index >= 15 is 0 Å². The van der Waals surface area contributed by atoms with Crippen LogP contribution in [0, 0.1) is 0 Å². The fourth-order valence-corrected chi connectivity index (χ4v) is 4.16. The highest BCUT2D eigenvalue weighted by atomic mass is 16.6. The Labute approximate surface area is 190 Å². The molecule has 3 aromatic rings. The molecule has 0 unspecified atom stereocenters. The molecule has 33 heavy (non-hydrogen) atoms. The summed E-state index contributed by atoms with van der Waals surface area (Å²) in [4.78, 5) is 33.1. The van der Waals surface area contributed by atoms with E-state index in [1.165, 1.54) is 4.57 Å². The van der Waals surface area contributed by atoms with Crippen LogP contribution in [0.4, 0.5) is 5.82 Å². The molecule has 1 amide bonds. The summed E-state index contributed by atoms with van der Waals surface area (Å²) in [6.45, 7) is 4.84. The number of hydrogen-bond acceptors (Lipinski definition) is 7. The van der Waals surface area contributed by atoms with Crippen molar-refractivity contribution < 1.29 is 19.0 Å². The third kappa shape index (κ3) is 4.36. The second kappa shape index (κ2) is 9.11. The van der Waals surface area contributed by atoms with E-state index in [4.69, 9.17) is 14.2 Å². The molecule has 1 fully saturated rings. The highest BCUT2D eigenvalue weighted by Crippen LogP contribution is 2.34. The lowest BCUT2D eigenvalue weighted by Gasteiger charge is -2.28. The number of nitrogens with one attached hydrogen (secondary N) is 1. The first kappa shape index (κ1) is 21.3. The molecule has 5 rings (SSSR count). The van der Waals surface area contributed by atoms with Crippen LogP contribution in [0.25, 0.3) is 11.0 Å². The van der Waals surface area contributed by atoms with Crippen LogP contribution in [0.3, 0.4) is 0 Å². The lowest BCUT2D eigenvalue weighted by atomic mass is 10.1. The molecule has 0 radical (unpaired) electrons. The molecular weight excluding hydrogens is 424 g/mol. The van der Waals surface area contributed by atoms with E-state index in [0.717, 1.165) is 5.56 Å². The average molecular weight is 450 g/mol. The third-order valence-corrected chi connectivity index (χ3v) is 5.88. The molecule has 2 aliphatic heterocycles. The van der Waals surface area contributed by atoms with Crippen LogP contribution in [-0.4, -0.2) is 55.0 Å². The summed E-state index contributed by atoms with van der Waals surface area (Å²) in [7, 11) is 0. The van der Waals surface area contributed by atoms with Crippen LogP contribution in [0.15, 0.2) is 47.3 Å². The van der Waals surface area contributed by atoms with Gasteiger partial charge in [-0.05, 0) is 12.5 Å². The minimum atomic E-state index is -0.316. The Morgan fingerprint density at radius 3 is 2.48 bits per heavy atom. The molecule has 172 valence electrons. The van der Waals surface area contributed by atoms with Gasteiger partial charge < -0.3 is 24.4 Å². The van der Waals surface area contributed by atoms with Gasteiger partial charge in [-0.25, -0.2) is 4.98 Å². The van der Waals surface area contributed by atoms with E-state index < -0.39 is 0 Å². The lowest BCUT2D eigenvalue weighted by molar-refractivity contribution is -0.122. The summed E-state index contributed by atoms with van der Waals surface area (Å²) in [6.07, 6.45) is 0.